The second-order valence-corrected chi connectivity index (χ2v) is 7.18. The molecule has 23 heavy (non-hydrogen) atoms. The maximum Gasteiger partial charge on any atom is 0.0971 e. The van der Waals surface area contributed by atoms with Crippen LogP contribution in [-0.2, 0) is 15.1 Å². The van der Waals surface area contributed by atoms with Gasteiger partial charge in [0.25, 0.3) is 0 Å². The van der Waals surface area contributed by atoms with E-state index in [4.69, 9.17) is 26.8 Å². The Hall–Kier alpha value is -1.20. The molecule has 0 amide bonds. The van der Waals surface area contributed by atoms with Gasteiger partial charge in [0, 0.05) is 43.0 Å². The number of methoxy groups -OCH3 is 1. The third kappa shape index (κ3) is 3.66. The van der Waals surface area contributed by atoms with Gasteiger partial charge in [-0.1, -0.05) is 35.5 Å². The van der Waals surface area contributed by atoms with Crippen LogP contribution in [0.4, 0.5) is 5.69 Å². The summed E-state index contributed by atoms with van der Waals surface area (Å²) in [4.78, 5) is 2.23. The molecule has 2 N–H and O–H groups in total. The van der Waals surface area contributed by atoms with E-state index in [9.17, 15) is 0 Å². The summed E-state index contributed by atoms with van der Waals surface area (Å²) in [7, 11) is 1.78. The predicted molar refractivity (Wildman–Crippen MR) is 95.2 cm³/mol. The van der Waals surface area contributed by atoms with E-state index in [0.717, 1.165) is 35.8 Å². The molecule has 1 heterocycles. The minimum Gasteiger partial charge on any atom is -0.398 e. The number of nitrogens with two attached hydrogens (primary N) is 1. The van der Waals surface area contributed by atoms with E-state index < -0.39 is 0 Å². The number of rotatable bonds is 4. The van der Waals surface area contributed by atoms with Crippen LogP contribution in [0.25, 0.3) is 0 Å². The van der Waals surface area contributed by atoms with Crippen LogP contribution >= 0.6 is 23.4 Å². The van der Waals surface area contributed by atoms with E-state index in [0.29, 0.717) is 10.7 Å². The number of halogens is 1. The highest BCUT2D eigenvalue weighted by Gasteiger charge is 2.34. The Bertz CT molecular complexity index is 686. The van der Waals surface area contributed by atoms with Crippen LogP contribution in [-0.4, -0.2) is 20.3 Å². The molecule has 3 nitrogen and oxygen atoms in total. The van der Waals surface area contributed by atoms with E-state index in [1.807, 2.05) is 18.2 Å². The summed E-state index contributed by atoms with van der Waals surface area (Å²) >= 11 is 7.78. The van der Waals surface area contributed by atoms with Gasteiger partial charge in [0.15, 0.2) is 0 Å². The summed E-state index contributed by atoms with van der Waals surface area (Å²) in [6, 6.07) is 14.2. The molecule has 2 aromatic rings. The van der Waals surface area contributed by atoms with E-state index in [2.05, 4.69) is 24.3 Å². The summed E-state index contributed by atoms with van der Waals surface area (Å²) < 4.78 is 11.4. The minimum atomic E-state index is -0.242. The summed E-state index contributed by atoms with van der Waals surface area (Å²) in [6.07, 6.45) is 1.76. The molecule has 0 bridgehead atoms. The molecule has 5 heteroatoms. The standard InChI is InChI=1S/C18H20ClNO2S/c1-21-18(7-9-22-10-8-18)13-3-2-4-14(11-13)23-15-5-6-17(20)16(19)12-15/h2-6,11-12H,7-10,20H2,1H3. The highest BCUT2D eigenvalue weighted by atomic mass is 35.5. The van der Waals surface area contributed by atoms with Crippen LogP contribution in [0.1, 0.15) is 18.4 Å². The van der Waals surface area contributed by atoms with Crippen LogP contribution in [0.3, 0.4) is 0 Å². The van der Waals surface area contributed by atoms with Crippen molar-refractivity contribution in [2.45, 2.75) is 28.2 Å². The van der Waals surface area contributed by atoms with Crippen molar-refractivity contribution in [3.63, 3.8) is 0 Å². The van der Waals surface area contributed by atoms with Gasteiger partial charge in [-0.05, 0) is 35.9 Å². The summed E-state index contributed by atoms with van der Waals surface area (Å²) in [6.45, 7) is 1.47. The monoisotopic (exact) mass is 349 g/mol. The molecule has 1 aliphatic rings. The Morgan fingerprint density at radius 2 is 1.87 bits per heavy atom. The molecule has 0 spiro atoms. The molecule has 0 radical (unpaired) electrons. The first-order valence-electron chi connectivity index (χ1n) is 7.59. The average molecular weight is 350 g/mol. The number of anilines is 1. The lowest BCUT2D eigenvalue weighted by Gasteiger charge is -2.36. The lowest BCUT2D eigenvalue weighted by Crippen LogP contribution is -2.35. The van der Waals surface area contributed by atoms with Crippen molar-refractivity contribution >= 4 is 29.1 Å². The zero-order valence-electron chi connectivity index (χ0n) is 13.0. The maximum atomic E-state index is 6.11. The Balaban J connectivity index is 1.85. The predicted octanol–water partition coefficient (Wildman–Crippen LogP) is 4.73. The Morgan fingerprint density at radius 1 is 1.13 bits per heavy atom. The number of hydrogen-bond acceptors (Lipinski definition) is 4. The fraction of sp³-hybridized carbons (Fsp3) is 0.333. The van der Waals surface area contributed by atoms with Crippen LogP contribution < -0.4 is 5.73 Å². The van der Waals surface area contributed by atoms with Gasteiger partial charge >= 0.3 is 0 Å². The second-order valence-electron chi connectivity index (χ2n) is 5.62. The third-order valence-corrected chi connectivity index (χ3v) is 5.57. The third-order valence-electron chi connectivity index (χ3n) is 4.26. The van der Waals surface area contributed by atoms with E-state index in [1.54, 1.807) is 18.9 Å². The van der Waals surface area contributed by atoms with Crippen molar-refractivity contribution in [3.8, 4) is 0 Å². The van der Waals surface area contributed by atoms with Crippen LogP contribution in [0.2, 0.25) is 5.02 Å². The van der Waals surface area contributed by atoms with Gasteiger partial charge in [-0.2, -0.15) is 0 Å². The Labute approximate surface area is 146 Å². The fourth-order valence-electron chi connectivity index (χ4n) is 2.86. The lowest BCUT2D eigenvalue weighted by molar-refractivity contribution is -0.0948. The number of hydrogen-bond donors (Lipinski definition) is 1. The van der Waals surface area contributed by atoms with Crippen molar-refractivity contribution in [2.24, 2.45) is 0 Å². The molecule has 0 aliphatic carbocycles. The first-order chi connectivity index (χ1) is 11.1. The van der Waals surface area contributed by atoms with Crippen LogP contribution in [0.15, 0.2) is 52.3 Å². The average Bonchev–Trinajstić information content (AvgIpc) is 2.59. The van der Waals surface area contributed by atoms with Crippen LogP contribution in [0, 0.1) is 0 Å². The van der Waals surface area contributed by atoms with Crippen molar-refractivity contribution in [1.29, 1.82) is 0 Å². The van der Waals surface area contributed by atoms with E-state index >= 15 is 0 Å². The summed E-state index contributed by atoms with van der Waals surface area (Å²) in [5, 5.41) is 0.587. The van der Waals surface area contributed by atoms with Crippen molar-refractivity contribution in [1.82, 2.24) is 0 Å². The highest BCUT2D eigenvalue weighted by molar-refractivity contribution is 7.99. The molecule has 0 saturated carbocycles. The largest absolute Gasteiger partial charge is 0.398 e. The van der Waals surface area contributed by atoms with Gasteiger partial charge in [0.1, 0.15) is 0 Å². The van der Waals surface area contributed by atoms with Crippen molar-refractivity contribution < 1.29 is 9.47 Å². The first kappa shape index (κ1) is 16.7. The van der Waals surface area contributed by atoms with Gasteiger partial charge in [0.05, 0.1) is 16.3 Å². The molecule has 1 aliphatic heterocycles. The van der Waals surface area contributed by atoms with Gasteiger partial charge in [-0.25, -0.2) is 0 Å². The Morgan fingerprint density at radius 3 is 2.57 bits per heavy atom. The van der Waals surface area contributed by atoms with E-state index in [-0.39, 0.29) is 5.60 Å². The molecule has 2 aromatic carbocycles. The van der Waals surface area contributed by atoms with Gasteiger partial charge in [-0.15, -0.1) is 0 Å². The summed E-state index contributed by atoms with van der Waals surface area (Å²) in [5.74, 6) is 0. The molecular formula is C18H20ClNO2S. The normalized spacial score (nSPS) is 17.1. The molecule has 0 aromatic heterocycles. The van der Waals surface area contributed by atoms with Gasteiger partial charge in [-0.3, -0.25) is 0 Å². The fourth-order valence-corrected chi connectivity index (χ4v) is 4.02. The zero-order chi connectivity index (χ0) is 16.3. The Kier molecular flexibility index (Phi) is 5.17. The smallest absolute Gasteiger partial charge is 0.0971 e. The topological polar surface area (TPSA) is 44.5 Å². The molecule has 0 atom stereocenters. The highest BCUT2D eigenvalue weighted by Crippen LogP contribution is 2.38. The molecule has 0 unspecified atom stereocenters. The maximum absolute atomic E-state index is 6.11. The number of ether oxygens (including phenoxy) is 2. The lowest BCUT2D eigenvalue weighted by atomic mass is 9.86. The van der Waals surface area contributed by atoms with E-state index in [1.165, 1.54) is 5.56 Å². The number of nitrogen functional groups attached to an aromatic ring is 1. The quantitative estimate of drug-likeness (QED) is 0.811. The van der Waals surface area contributed by atoms with Crippen molar-refractivity contribution in [3.05, 3.63) is 53.1 Å². The molecule has 1 saturated heterocycles. The summed E-state index contributed by atoms with van der Waals surface area (Å²) in [5.41, 5.74) is 7.33. The number of benzene rings is 2. The molecule has 1 fully saturated rings. The first-order valence-corrected chi connectivity index (χ1v) is 8.79. The van der Waals surface area contributed by atoms with Crippen molar-refractivity contribution in [2.75, 3.05) is 26.1 Å². The minimum absolute atomic E-state index is 0.242. The zero-order valence-corrected chi connectivity index (χ0v) is 14.6. The van der Waals surface area contributed by atoms with Crippen LogP contribution in [0.5, 0.6) is 0 Å². The SMILES string of the molecule is COC1(c2cccc(Sc3ccc(N)c(Cl)c3)c2)CCOCC1. The molecular weight excluding hydrogens is 330 g/mol. The van der Waals surface area contributed by atoms with Gasteiger partial charge < -0.3 is 15.2 Å². The molecule has 3 rings (SSSR count). The molecule has 122 valence electrons. The second kappa shape index (κ2) is 7.14. The van der Waals surface area contributed by atoms with Gasteiger partial charge in [0.2, 0.25) is 0 Å².